The van der Waals surface area contributed by atoms with Gasteiger partial charge in [-0.2, -0.15) is 0 Å². The molecule has 0 radical (unpaired) electrons. The van der Waals surface area contributed by atoms with Crippen LogP contribution in [0.1, 0.15) is 29.3 Å². The molecule has 0 bridgehead atoms. The minimum atomic E-state index is -1.11. The van der Waals surface area contributed by atoms with Crippen molar-refractivity contribution in [1.82, 2.24) is 4.90 Å². The molecular formula is C20H24N2O4. The summed E-state index contributed by atoms with van der Waals surface area (Å²) >= 11 is 0. The average molecular weight is 356 g/mol. The molecule has 2 aliphatic heterocycles. The summed E-state index contributed by atoms with van der Waals surface area (Å²) in [5.41, 5.74) is 2.65. The summed E-state index contributed by atoms with van der Waals surface area (Å²) in [6.07, 6.45) is 1.60. The number of likely N-dealkylation sites (N-methyl/N-ethyl adjacent to an activating group) is 2. The molecule has 3 N–H and O–H groups in total. The molecule has 4 rings (SSSR count). The number of carboxylic acids is 1. The summed E-state index contributed by atoms with van der Waals surface area (Å²) in [4.78, 5) is 15.0. The highest BCUT2D eigenvalue weighted by atomic mass is 16.4. The van der Waals surface area contributed by atoms with Crippen LogP contribution in [0.2, 0.25) is 0 Å². The molecular weight excluding hydrogens is 332 g/mol. The Labute approximate surface area is 152 Å². The molecule has 0 saturated carbocycles. The van der Waals surface area contributed by atoms with Crippen LogP contribution in [-0.4, -0.2) is 53.0 Å². The summed E-state index contributed by atoms with van der Waals surface area (Å²) in [5, 5.41) is 27.0. The van der Waals surface area contributed by atoms with Crippen molar-refractivity contribution < 1.29 is 20.1 Å². The molecule has 1 fully saturated rings. The van der Waals surface area contributed by atoms with Gasteiger partial charge in [-0.25, -0.2) is 4.79 Å². The van der Waals surface area contributed by atoms with Gasteiger partial charge in [0, 0.05) is 24.7 Å². The molecule has 2 aromatic rings. The number of carboxylic acid groups (broad SMARTS) is 1. The van der Waals surface area contributed by atoms with E-state index in [0.717, 1.165) is 13.0 Å². The quantitative estimate of drug-likeness (QED) is 0.729. The lowest BCUT2D eigenvalue weighted by molar-refractivity contribution is 0.0693. The highest BCUT2D eigenvalue weighted by Gasteiger charge is 2.52. The van der Waals surface area contributed by atoms with Gasteiger partial charge in [0.2, 0.25) is 0 Å². The van der Waals surface area contributed by atoms with E-state index in [1.165, 1.54) is 23.4 Å². The maximum atomic E-state index is 10.3. The highest BCUT2D eigenvalue weighted by molar-refractivity contribution is 5.90. The standard InChI is InChI=1S/C13H18N2O.C7H6O3/c1-13-6-7-14(2)12(13)15(3)11-5-4-9(16)8-10(11)13;8-6-4-2-1-3-5(6)7(9)10/h4-5,8,12,16H,6-7H2,1-3H3;1-4,8H,(H,9,10)/t12-,13+;/m1./s1. The van der Waals surface area contributed by atoms with E-state index < -0.39 is 5.97 Å². The number of nitrogens with zero attached hydrogens (tertiary/aromatic N) is 2. The number of phenolic OH excluding ortho intramolecular Hbond substituents is 1. The van der Waals surface area contributed by atoms with Gasteiger partial charge in [-0.3, -0.25) is 4.90 Å². The lowest BCUT2D eigenvalue weighted by atomic mass is 9.81. The van der Waals surface area contributed by atoms with E-state index in [4.69, 9.17) is 10.2 Å². The molecule has 0 aromatic heterocycles. The topological polar surface area (TPSA) is 84.2 Å². The molecule has 6 nitrogen and oxygen atoms in total. The summed E-state index contributed by atoms with van der Waals surface area (Å²) in [6.45, 7) is 3.43. The highest BCUT2D eigenvalue weighted by Crippen LogP contribution is 2.51. The van der Waals surface area contributed by atoms with Gasteiger partial charge < -0.3 is 20.2 Å². The average Bonchev–Trinajstić information content (AvgIpc) is 3.01. The van der Waals surface area contributed by atoms with Crippen LogP contribution in [0.25, 0.3) is 0 Å². The second-order valence-electron chi connectivity index (χ2n) is 7.16. The maximum absolute atomic E-state index is 10.3. The van der Waals surface area contributed by atoms with Crippen LogP contribution in [0.15, 0.2) is 42.5 Å². The van der Waals surface area contributed by atoms with Crippen LogP contribution in [0, 0.1) is 0 Å². The molecule has 6 heteroatoms. The zero-order valence-electron chi connectivity index (χ0n) is 15.2. The minimum absolute atomic E-state index is 0.0671. The van der Waals surface area contributed by atoms with Crippen LogP contribution < -0.4 is 4.90 Å². The number of aromatic hydroxyl groups is 2. The molecule has 2 heterocycles. The Bertz CT molecular complexity index is 838. The van der Waals surface area contributed by atoms with E-state index in [0.29, 0.717) is 11.9 Å². The third-order valence-electron chi connectivity index (χ3n) is 5.45. The zero-order chi connectivity index (χ0) is 19.1. The first-order valence-electron chi connectivity index (χ1n) is 8.53. The molecule has 0 spiro atoms. The third kappa shape index (κ3) is 2.86. The van der Waals surface area contributed by atoms with E-state index >= 15 is 0 Å². The molecule has 0 amide bonds. The number of likely N-dealkylation sites (tertiary alicyclic amines) is 1. The number of hydrogen-bond donors (Lipinski definition) is 3. The van der Waals surface area contributed by atoms with Gasteiger partial charge in [0.15, 0.2) is 0 Å². The Hall–Kier alpha value is -2.73. The van der Waals surface area contributed by atoms with Crippen molar-refractivity contribution in [3.05, 3.63) is 53.6 Å². The Kier molecular flexibility index (Phi) is 4.54. The van der Waals surface area contributed by atoms with Gasteiger partial charge in [0.25, 0.3) is 0 Å². The predicted octanol–water partition coefficient (Wildman–Crippen LogP) is 2.85. The predicted molar refractivity (Wildman–Crippen MR) is 100.0 cm³/mol. The molecule has 0 aliphatic carbocycles. The van der Waals surface area contributed by atoms with Crippen molar-refractivity contribution >= 4 is 11.7 Å². The van der Waals surface area contributed by atoms with E-state index in [9.17, 15) is 9.90 Å². The fourth-order valence-electron chi connectivity index (χ4n) is 4.22. The van der Waals surface area contributed by atoms with Gasteiger partial charge in [-0.15, -0.1) is 0 Å². The summed E-state index contributed by atoms with van der Waals surface area (Å²) in [5.74, 6) is -0.934. The number of carbonyl (C=O) groups is 1. The third-order valence-corrected chi connectivity index (χ3v) is 5.45. The lowest BCUT2D eigenvalue weighted by Gasteiger charge is -2.32. The van der Waals surface area contributed by atoms with Crippen LogP contribution in [0.3, 0.4) is 0 Å². The fourth-order valence-corrected chi connectivity index (χ4v) is 4.22. The number of fused-ring (bicyclic) bond motifs is 3. The van der Waals surface area contributed by atoms with Crippen LogP contribution >= 0.6 is 0 Å². The van der Waals surface area contributed by atoms with Crippen molar-refractivity contribution in [2.75, 3.05) is 25.5 Å². The van der Waals surface area contributed by atoms with E-state index in [-0.39, 0.29) is 16.7 Å². The van der Waals surface area contributed by atoms with Crippen molar-refractivity contribution in [3.63, 3.8) is 0 Å². The lowest BCUT2D eigenvalue weighted by Crippen LogP contribution is -2.45. The van der Waals surface area contributed by atoms with Crippen LogP contribution in [-0.2, 0) is 5.41 Å². The number of para-hydroxylation sites is 1. The summed E-state index contributed by atoms with van der Waals surface area (Å²) in [7, 11) is 4.33. The summed E-state index contributed by atoms with van der Waals surface area (Å²) in [6, 6.07) is 11.6. The molecule has 0 unspecified atom stereocenters. The first-order chi connectivity index (χ1) is 12.3. The van der Waals surface area contributed by atoms with Crippen molar-refractivity contribution in [2.24, 2.45) is 0 Å². The Morgan fingerprint density at radius 1 is 1.15 bits per heavy atom. The fraction of sp³-hybridized carbons (Fsp3) is 0.350. The monoisotopic (exact) mass is 356 g/mol. The number of rotatable bonds is 1. The van der Waals surface area contributed by atoms with Crippen molar-refractivity contribution in [2.45, 2.75) is 24.9 Å². The Balaban J connectivity index is 0.000000170. The molecule has 2 aliphatic rings. The van der Waals surface area contributed by atoms with Gasteiger partial charge in [-0.05, 0) is 49.4 Å². The van der Waals surface area contributed by atoms with Gasteiger partial charge >= 0.3 is 5.97 Å². The SMILES string of the molecule is CN1CC[C@@]2(C)c3cc(O)ccc3N(C)[C@@H]12.O=C(O)c1ccccc1O. The van der Waals surface area contributed by atoms with E-state index in [1.807, 2.05) is 12.1 Å². The Morgan fingerprint density at radius 2 is 1.85 bits per heavy atom. The Morgan fingerprint density at radius 3 is 2.46 bits per heavy atom. The second kappa shape index (κ2) is 6.53. The first kappa shape index (κ1) is 18.1. The van der Waals surface area contributed by atoms with Gasteiger partial charge in [0.05, 0.1) is 6.17 Å². The number of hydrogen-bond acceptors (Lipinski definition) is 5. The number of aromatic carboxylic acids is 1. The zero-order valence-corrected chi connectivity index (χ0v) is 15.2. The van der Waals surface area contributed by atoms with Gasteiger partial charge in [-0.1, -0.05) is 19.1 Å². The second-order valence-corrected chi connectivity index (χ2v) is 7.16. The number of anilines is 1. The largest absolute Gasteiger partial charge is 0.508 e. The summed E-state index contributed by atoms with van der Waals surface area (Å²) < 4.78 is 0. The smallest absolute Gasteiger partial charge is 0.339 e. The molecule has 138 valence electrons. The maximum Gasteiger partial charge on any atom is 0.339 e. The first-order valence-corrected chi connectivity index (χ1v) is 8.53. The van der Waals surface area contributed by atoms with E-state index in [2.05, 4.69) is 30.8 Å². The molecule has 1 saturated heterocycles. The van der Waals surface area contributed by atoms with Crippen LogP contribution in [0.5, 0.6) is 11.5 Å². The van der Waals surface area contributed by atoms with E-state index in [1.54, 1.807) is 18.2 Å². The number of benzene rings is 2. The van der Waals surface area contributed by atoms with Crippen LogP contribution in [0.4, 0.5) is 5.69 Å². The number of phenols is 2. The van der Waals surface area contributed by atoms with Crippen molar-refractivity contribution in [1.29, 1.82) is 0 Å². The normalized spacial score (nSPS) is 23.8. The van der Waals surface area contributed by atoms with Gasteiger partial charge in [0.1, 0.15) is 17.1 Å². The minimum Gasteiger partial charge on any atom is -0.508 e. The molecule has 26 heavy (non-hydrogen) atoms. The molecule has 2 atom stereocenters. The van der Waals surface area contributed by atoms with Crippen molar-refractivity contribution in [3.8, 4) is 11.5 Å². The molecule has 2 aromatic carbocycles.